The van der Waals surface area contributed by atoms with Crippen LogP contribution in [-0.2, 0) is 11.3 Å². The number of carboxylic acid groups (broad SMARTS) is 1. The normalized spacial score (nSPS) is 9.64. The van der Waals surface area contributed by atoms with Gasteiger partial charge < -0.3 is 14.8 Å². The van der Waals surface area contributed by atoms with Crippen LogP contribution in [0.1, 0.15) is 17.9 Å². The number of aliphatic carboxylic acids is 1. The van der Waals surface area contributed by atoms with Crippen molar-refractivity contribution in [1.82, 2.24) is 5.32 Å². The largest absolute Gasteiger partial charge is 0.481 e. The van der Waals surface area contributed by atoms with E-state index in [1.54, 1.807) is 12.1 Å². The lowest BCUT2D eigenvalue weighted by Gasteiger charge is -1.98. The average molecular weight is 194 g/mol. The molecule has 14 heavy (non-hydrogen) atoms. The summed E-state index contributed by atoms with van der Waals surface area (Å²) in [6.07, 6.45) is 0.0752. The maximum Gasteiger partial charge on any atom is 0.304 e. The first-order valence-corrected chi connectivity index (χ1v) is 4.13. The summed E-state index contributed by atoms with van der Waals surface area (Å²) < 4.78 is 5.07. The van der Waals surface area contributed by atoms with Gasteiger partial charge in [0.1, 0.15) is 11.8 Å². The number of furan rings is 1. The third kappa shape index (κ3) is 3.29. The maximum absolute atomic E-state index is 10.2. The Kier molecular flexibility index (Phi) is 3.70. The highest BCUT2D eigenvalue weighted by Crippen LogP contribution is 2.05. The van der Waals surface area contributed by atoms with Gasteiger partial charge in [0.25, 0.3) is 0 Å². The van der Waals surface area contributed by atoms with Gasteiger partial charge in [-0.25, -0.2) is 0 Å². The van der Waals surface area contributed by atoms with Crippen LogP contribution in [0, 0.1) is 11.3 Å². The molecule has 0 unspecified atom stereocenters. The summed E-state index contributed by atoms with van der Waals surface area (Å²) in [5, 5.41) is 19.7. The highest BCUT2D eigenvalue weighted by molar-refractivity contribution is 5.66. The van der Waals surface area contributed by atoms with Crippen molar-refractivity contribution in [2.24, 2.45) is 0 Å². The van der Waals surface area contributed by atoms with E-state index in [0.717, 1.165) is 0 Å². The average Bonchev–Trinajstić information content (AvgIpc) is 2.60. The maximum atomic E-state index is 10.2. The lowest BCUT2D eigenvalue weighted by atomic mass is 10.4. The number of rotatable bonds is 5. The molecule has 0 aliphatic rings. The molecule has 0 bridgehead atoms. The summed E-state index contributed by atoms with van der Waals surface area (Å²) in [4.78, 5) is 10.2. The van der Waals surface area contributed by atoms with Crippen molar-refractivity contribution in [3.05, 3.63) is 23.7 Å². The Balaban J connectivity index is 2.25. The molecular formula is C9H10N2O3. The molecule has 0 spiro atoms. The summed E-state index contributed by atoms with van der Waals surface area (Å²) in [6.45, 7) is 0.826. The quantitative estimate of drug-likeness (QED) is 0.674. The molecule has 74 valence electrons. The Morgan fingerprint density at radius 3 is 3.00 bits per heavy atom. The zero-order chi connectivity index (χ0) is 10.4. The molecule has 0 aliphatic carbocycles. The minimum atomic E-state index is -0.838. The van der Waals surface area contributed by atoms with Gasteiger partial charge >= 0.3 is 5.97 Å². The standard InChI is InChI=1S/C9H10N2O3/c10-5-7-1-2-8(14-7)6-11-4-3-9(12)13/h1-2,11H,3-4,6H2,(H,12,13). The predicted octanol–water partition coefficient (Wildman–Crippen LogP) is 0.716. The van der Waals surface area contributed by atoms with Crippen LogP contribution in [0.3, 0.4) is 0 Å². The van der Waals surface area contributed by atoms with Gasteiger partial charge in [0.05, 0.1) is 13.0 Å². The molecule has 1 rings (SSSR count). The number of nitrogens with one attached hydrogen (secondary N) is 1. The Labute approximate surface area is 80.9 Å². The van der Waals surface area contributed by atoms with Crippen molar-refractivity contribution >= 4 is 5.97 Å². The minimum absolute atomic E-state index is 0.0752. The van der Waals surface area contributed by atoms with Gasteiger partial charge in [-0.3, -0.25) is 4.79 Å². The van der Waals surface area contributed by atoms with Gasteiger partial charge in [0.15, 0.2) is 0 Å². The highest BCUT2D eigenvalue weighted by atomic mass is 16.4. The molecule has 0 atom stereocenters. The molecule has 0 fully saturated rings. The molecule has 0 aliphatic heterocycles. The number of nitrogens with zero attached hydrogens (tertiary/aromatic N) is 1. The number of nitriles is 1. The first kappa shape index (κ1) is 10.3. The topological polar surface area (TPSA) is 86.3 Å². The van der Waals surface area contributed by atoms with Crippen LogP contribution in [0.25, 0.3) is 0 Å². The van der Waals surface area contributed by atoms with Crippen molar-refractivity contribution in [2.75, 3.05) is 6.54 Å². The zero-order valence-electron chi connectivity index (χ0n) is 7.49. The Morgan fingerprint density at radius 2 is 2.43 bits per heavy atom. The van der Waals surface area contributed by atoms with Crippen molar-refractivity contribution in [2.45, 2.75) is 13.0 Å². The number of hydrogen-bond donors (Lipinski definition) is 2. The molecule has 0 amide bonds. The predicted molar refractivity (Wildman–Crippen MR) is 47.4 cm³/mol. The molecule has 1 heterocycles. The Bertz CT molecular complexity index is 351. The first-order chi connectivity index (χ1) is 6.72. The molecule has 5 nitrogen and oxygen atoms in total. The fourth-order valence-corrected chi connectivity index (χ4v) is 0.940. The second-order valence-corrected chi connectivity index (χ2v) is 2.70. The molecule has 5 heteroatoms. The van der Waals surface area contributed by atoms with Crippen molar-refractivity contribution < 1.29 is 14.3 Å². The molecule has 1 aromatic heterocycles. The molecule has 0 saturated carbocycles. The Hall–Kier alpha value is -1.80. The van der Waals surface area contributed by atoms with Crippen LogP contribution >= 0.6 is 0 Å². The molecule has 0 radical (unpaired) electrons. The van der Waals surface area contributed by atoms with E-state index in [-0.39, 0.29) is 12.2 Å². The lowest BCUT2D eigenvalue weighted by molar-refractivity contribution is -0.136. The van der Waals surface area contributed by atoms with Crippen LogP contribution in [-0.4, -0.2) is 17.6 Å². The zero-order valence-corrected chi connectivity index (χ0v) is 7.49. The minimum Gasteiger partial charge on any atom is -0.481 e. The highest BCUT2D eigenvalue weighted by Gasteiger charge is 2.00. The van der Waals surface area contributed by atoms with Gasteiger partial charge in [-0.1, -0.05) is 0 Å². The van der Waals surface area contributed by atoms with E-state index in [2.05, 4.69) is 5.32 Å². The van der Waals surface area contributed by atoms with Gasteiger partial charge in [-0.2, -0.15) is 5.26 Å². The fraction of sp³-hybridized carbons (Fsp3) is 0.333. The number of hydrogen-bond acceptors (Lipinski definition) is 4. The third-order valence-electron chi connectivity index (χ3n) is 1.59. The molecule has 1 aromatic rings. The van der Waals surface area contributed by atoms with Gasteiger partial charge in [0.2, 0.25) is 5.76 Å². The number of carbonyl (C=O) groups is 1. The van der Waals surface area contributed by atoms with Crippen LogP contribution < -0.4 is 5.32 Å². The van der Waals surface area contributed by atoms with E-state index in [4.69, 9.17) is 14.8 Å². The van der Waals surface area contributed by atoms with E-state index in [1.165, 1.54) is 0 Å². The van der Waals surface area contributed by atoms with E-state index in [0.29, 0.717) is 18.8 Å². The van der Waals surface area contributed by atoms with Crippen molar-refractivity contribution in [3.8, 4) is 6.07 Å². The fourth-order valence-electron chi connectivity index (χ4n) is 0.940. The van der Waals surface area contributed by atoms with Crippen LogP contribution in [0.5, 0.6) is 0 Å². The van der Waals surface area contributed by atoms with Gasteiger partial charge in [0, 0.05) is 6.54 Å². The monoisotopic (exact) mass is 194 g/mol. The Morgan fingerprint density at radius 1 is 1.64 bits per heavy atom. The van der Waals surface area contributed by atoms with E-state index in [9.17, 15) is 4.79 Å². The summed E-state index contributed by atoms with van der Waals surface area (Å²) in [6, 6.07) is 5.13. The SMILES string of the molecule is N#Cc1ccc(CNCCC(=O)O)o1. The van der Waals surface area contributed by atoms with Gasteiger partial charge in [-0.15, -0.1) is 0 Å². The van der Waals surface area contributed by atoms with Crippen LogP contribution in [0.15, 0.2) is 16.5 Å². The van der Waals surface area contributed by atoms with Crippen molar-refractivity contribution in [3.63, 3.8) is 0 Å². The van der Waals surface area contributed by atoms with E-state index >= 15 is 0 Å². The molecule has 0 saturated heterocycles. The van der Waals surface area contributed by atoms with Gasteiger partial charge in [-0.05, 0) is 12.1 Å². The second-order valence-electron chi connectivity index (χ2n) is 2.70. The summed E-state index contributed by atoms with van der Waals surface area (Å²) >= 11 is 0. The summed E-state index contributed by atoms with van der Waals surface area (Å²) in [7, 11) is 0. The first-order valence-electron chi connectivity index (χ1n) is 4.13. The van der Waals surface area contributed by atoms with E-state index in [1.807, 2.05) is 6.07 Å². The molecular weight excluding hydrogens is 184 g/mol. The molecule has 0 aromatic carbocycles. The molecule has 2 N–H and O–H groups in total. The summed E-state index contributed by atoms with van der Waals surface area (Å²) in [5.41, 5.74) is 0. The summed E-state index contributed by atoms with van der Waals surface area (Å²) in [5.74, 6) is 0.0571. The third-order valence-corrected chi connectivity index (χ3v) is 1.59. The van der Waals surface area contributed by atoms with E-state index < -0.39 is 5.97 Å². The number of carboxylic acids is 1. The second kappa shape index (κ2) is 5.04. The lowest BCUT2D eigenvalue weighted by Crippen LogP contribution is -2.17. The smallest absolute Gasteiger partial charge is 0.304 e. The van der Waals surface area contributed by atoms with Crippen molar-refractivity contribution in [1.29, 1.82) is 5.26 Å². The van der Waals surface area contributed by atoms with Crippen LogP contribution in [0.4, 0.5) is 0 Å². The van der Waals surface area contributed by atoms with Crippen LogP contribution in [0.2, 0.25) is 0 Å².